The Morgan fingerprint density at radius 1 is 1.39 bits per heavy atom. The second-order valence-corrected chi connectivity index (χ2v) is 4.73. The van der Waals surface area contributed by atoms with Gasteiger partial charge in [-0.25, -0.2) is 4.39 Å². The molecule has 0 aliphatic heterocycles. The van der Waals surface area contributed by atoms with Crippen LogP contribution in [-0.2, 0) is 19.0 Å². The Morgan fingerprint density at radius 2 is 2.17 bits per heavy atom. The average Bonchev–Trinajstić information content (AvgIpc) is 2.73. The summed E-state index contributed by atoms with van der Waals surface area (Å²) in [7, 11) is 1.90. The maximum absolute atomic E-state index is 12.8. The predicted molar refractivity (Wildman–Crippen MR) is 67.3 cm³/mol. The Bertz CT molecular complexity index is 516. The summed E-state index contributed by atoms with van der Waals surface area (Å²) in [5.41, 5.74) is 7.49. The molecular weight excluding hydrogens is 231 g/mol. The molecule has 2 rings (SSSR count). The van der Waals surface area contributed by atoms with Gasteiger partial charge in [0.1, 0.15) is 5.82 Å². The van der Waals surface area contributed by atoms with Gasteiger partial charge in [0.15, 0.2) is 0 Å². The van der Waals surface area contributed by atoms with E-state index in [4.69, 9.17) is 5.73 Å². The monoisotopic (exact) mass is 248 g/mol. The zero-order chi connectivity index (χ0) is 13.2. The smallest absolute Gasteiger partial charge is 0.141 e. The summed E-state index contributed by atoms with van der Waals surface area (Å²) in [6.45, 7) is 1.91. The van der Waals surface area contributed by atoms with Gasteiger partial charge in [0, 0.05) is 18.9 Å². The molecule has 2 aromatic heterocycles. The normalized spacial score (nSPS) is 14.4. The van der Waals surface area contributed by atoms with Crippen LogP contribution in [0.15, 0.2) is 30.6 Å². The fourth-order valence-electron chi connectivity index (χ4n) is 1.88. The lowest BCUT2D eigenvalue weighted by molar-refractivity contribution is 0.431. The van der Waals surface area contributed by atoms with Gasteiger partial charge >= 0.3 is 0 Å². The van der Waals surface area contributed by atoms with Crippen molar-refractivity contribution in [3.8, 4) is 0 Å². The molecule has 96 valence electrons. The van der Waals surface area contributed by atoms with Crippen molar-refractivity contribution in [1.82, 2.24) is 14.8 Å². The summed E-state index contributed by atoms with van der Waals surface area (Å²) in [5.74, 6) is -0.346. The molecule has 2 aromatic rings. The molecule has 1 atom stereocenters. The first-order valence-electron chi connectivity index (χ1n) is 5.87. The number of halogens is 1. The molecule has 0 radical (unpaired) electrons. The minimum Gasteiger partial charge on any atom is -0.320 e. The largest absolute Gasteiger partial charge is 0.320 e. The van der Waals surface area contributed by atoms with E-state index < -0.39 is 5.54 Å². The van der Waals surface area contributed by atoms with Crippen molar-refractivity contribution < 1.29 is 4.39 Å². The van der Waals surface area contributed by atoms with Crippen molar-refractivity contribution >= 4 is 0 Å². The summed E-state index contributed by atoms with van der Waals surface area (Å²) in [5, 5.41) is 4.11. The van der Waals surface area contributed by atoms with E-state index in [1.807, 2.05) is 24.7 Å². The van der Waals surface area contributed by atoms with E-state index in [1.165, 1.54) is 12.3 Å². The minimum absolute atomic E-state index is 0.346. The van der Waals surface area contributed by atoms with E-state index in [-0.39, 0.29) is 5.82 Å². The fourth-order valence-corrected chi connectivity index (χ4v) is 1.88. The molecule has 4 nitrogen and oxygen atoms in total. The molecule has 18 heavy (non-hydrogen) atoms. The van der Waals surface area contributed by atoms with Crippen molar-refractivity contribution in [2.45, 2.75) is 25.3 Å². The molecule has 2 N–H and O–H groups in total. The molecule has 5 heteroatoms. The zero-order valence-corrected chi connectivity index (χ0v) is 10.6. The molecule has 0 aliphatic carbocycles. The number of hydrogen-bond acceptors (Lipinski definition) is 3. The van der Waals surface area contributed by atoms with Crippen molar-refractivity contribution in [2.24, 2.45) is 12.8 Å². The number of aryl methyl sites for hydroxylation is 2. The number of nitrogens with zero attached hydrogens (tertiary/aromatic N) is 3. The first-order valence-corrected chi connectivity index (χ1v) is 5.87. The van der Waals surface area contributed by atoms with Crippen LogP contribution >= 0.6 is 0 Å². The molecule has 0 aromatic carbocycles. The van der Waals surface area contributed by atoms with Crippen LogP contribution in [0, 0.1) is 5.82 Å². The number of nitrogens with two attached hydrogens (primary N) is 1. The van der Waals surface area contributed by atoms with Crippen molar-refractivity contribution in [3.63, 3.8) is 0 Å². The Hall–Kier alpha value is -1.75. The third kappa shape index (κ3) is 2.73. The minimum atomic E-state index is -0.571. The van der Waals surface area contributed by atoms with Gasteiger partial charge in [-0.15, -0.1) is 0 Å². The summed E-state index contributed by atoms with van der Waals surface area (Å²) < 4.78 is 14.6. The second-order valence-electron chi connectivity index (χ2n) is 4.73. The molecule has 0 spiro atoms. The van der Waals surface area contributed by atoms with E-state index in [9.17, 15) is 4.39 Å². The quantitative estimate of drug-likeness (QED) is 0.897. The van der Waals surface area contributed by atoms with Crippen LogP contribution in [0.4, 0.5) is 4.39 Å². The van der Waals surface area contributed by atoms with Crippen molar-refractivity contribution in [3.05, 3.63) is 47.8 Å². The molecular formula is C13H17FN4. The van der Waals surface area contributed by atoms with Crippen molar-refractivity contribution in [2.75, 3.05) is 0 Å². The van der Waals surface area contributed by atoms with E-state index in [1.54, 1.807) is 12.3 Å². The van der Waals surface area contributed by atoms with Gasteiger partial charge in [-0.2, -0.15) is 5.10 Å². The van der Waals surface area contributed by atoms with Gasteiger partial charge in [0.2, 0.25) is 0 Å². The zero-order valence-electron chi connectivity index (χ0n) is 10.6. The Labute approximate surface area is 106 Å². The lowest BCUT2D eigenvalue weighted by atomic mass is 9.92. The van der Waals surface area contributed by atoms with Gasteiger partial charge in [0.25, 0.3) is 0 Å². The Kier molecular flexibility index (Phi) is 3.43. The third-order valence-electron chi connectivity index (χ3n) is 3.14. The van der Waals surface area contributed by atoms with Crippen LogP contribution in [0.5, 0.6) is 0 Å². The van der Waals surface area contributed by atoms with Crippen LogP contribution in [0.1, 0.15) is 24.7 Å². The molecule has 0 amide bonds. The second kappa shape index (κ2) is 4.86. The first-order chi connectivity index (χ1) is 8.49. The molecule has 1 unspecified atom stereocenters. The van der Waals surface area contributed by atoms with Crippen LogP contribution < -0.4 is 5.73 Å². The van der Waals surface area contributed by atoms with Gasteiger partial charge in [-0.3, -0.25) is 9.67 Å². The van der Waals surface area contributed by atoms with E-state index in [0.29, 0.717) is 5.69 Å². The maximum atomic E-state index is 12.8. The third-order valence-corrected chi connectivity index (χ3v) is 3.14. The van der Waals surface area contributed by atoms with Gasteiger partial charge in [0.05, 0.1) is 17.4 Å². The number of rotatable bonds is 4. The first kappa shape index (κ1) is 12.7. The Morgan fingerprint density at radius 3 is 2.72 bits per heavy atom. The molecule has 0 aliphatic rings. The highest BCUT2D eigenvalue weighted by Crippen LogP contribution is 2.21. The van der Waals surface area contributed by atoms with E-state index >= 15 is 0 Å². The summed E-state index contributed by atoms with van der Waals surface area (Å²) in [4.78, 5) is 4.05. The number of aromatic nitrogens is 3. The summed E-state index contributed by atoms with van der Waals surface area (Å²) in [6.07, 6.45) is 4.50. The van der Waals surface area contributed by atoms with Gasteiger partial charge in [-0.05, 0) is 38.0 Å². The number of hydrogen-bond donors (Lipinski definition) is 1. The summed E-state index contributed by atoms with van der Waals surface area (Å²) >= 11 is 0. The lowest BCUT2D eigenvalue weighted by Gasteiger charge is -2.23. The topological polar surface area (TPSA) is 56.7 Å². The Balaban J connectivity index is 2.07. The predicted octanol–water partition coefficient (Wildman–Crippen LogP) is 1.76. The maximum Gasteiger partial charge on any atom is 0.141 e. The van der Waals surface area contributed by atoms with Crippen LogP contribution in [-0.4, -0.2) is 14.8 Å². The highest BCUT2D eigenvalue weighted by atomic mass is 19.1. The van der Waals surface area contributed by atoms with Gasteiger partial charge < -0.3 is 5.73 Å². The SMILES string of the molecule is Cn1nccc1CCC(C)(N)c1ccc(F)cn1. The summed E-state index contributed by atoms with van der Waals surface area (Å²) in [6, 6.07) is 4.99. The average molecular weight is 248 g/mol. The highest BCUT2D eigenvalue weighted by Gasteiger charge is 2.23. The molecule has 0 saturated heterocycles. The highest BCUT2D eigenvalue weighted by molar-refractivity contribution is 5.15. The van der Waals surface area contributed by atoms with Crippen LogP contribution in [0.2, 0.25) is 0 Å². The molecule has 0 fully saturated rings. The molecule has 0 saturated carbocycles. The fraction of sp³-hybridized carbons (Fsp3) is 0.385. The van der Waals surface area contributed by atoms with E-state index in [2.05, 4.69) is 10.1 Å². The van der Waals surface area contributed by atoms with E-state index in [0.717, 1.165) is 18.5 Å². The standard InChI is InChI=1S/C13H17FN4/c1-13(15,12-4-3-10(14)9-16-12)7-5-11-6-8-17-18(11)2/h3-4,6,8-9H,5,7,15H2,1-2H3. The van der Waals surface area contributed by atoms with Gasteiger partial charge in [-0.1, -0.05) is 0 Å². The lowest BCUT2D eigenvalue weighted by Crippen LogP contribution is -2.34. The molecule has 0 bridgehead atoms. The van der Waals surface area contributed by atoms with Crippen LogP contribution in [0.25, 0.3) is 0 Å². The molecule has 2 heterocycles. The van der Waals surface area contributed by atoms with Crippen molar-refractivity contribution in [1.29, 1.82) is 0 Å². The number of pyridine rings is 1. The van der Waals surface area contributed by atoms with Crippen LogP contribution in [0.3, 0.4) is 0 Å².